The summed E-state index contributed by atoms with van der Waals surface area (Å²) < 4.78 is 10.0. The van der Waals surface area contributed by atoms with Gasteiger partial charge >= 0.3 is 5.97 Å². The lowest BCUT2D eigenvalue weighted by Crippen LogP contribution is -2.14. The van der Waals surface area contributed by atoms with Crippen LogP contribution in [0.1, 0.15) is 24.2 Å². The van der Waals surface area contributed by atoms with Crippen LogP contribution in [0.4, 0.5) is 11.5 Å². The molecule has 1 rings (SSSR count). The summed E-state index contributed by atoms with van der Waals surface area (Å²) in [6.07, 6.45) is 1.62. The number of hydrogen-bond acceptors (Lipinski definition) is 6. The molecule has 0 unspecified atom stereocenters. The predicted octanol–water partition coefficient (Wildman–Crippen LogP) is 1.29. The first-order valence-corrected chi connectivity index (χ1v) is 5.74. The zero-order valence-corrected chi connectivity index (χ0v) is 10.9. The van der Waals surface area contributed by atoms with Crippen LogP contribution in [0.5, 0.6) is 0 Å². The van der Waals surface area contributed by atoms with Crippen LogP contribution in [0.25, 0.3) is 0 Å². The predicted molar refractivity (Wildman–Crippen MR) is 69.6 cm³/mol. The molecule has 0 atom stereocenters. The van der Waals surface area contributed by atoms with Gasteiger partial charge in [0.25, 0.3) is 0 Å². The Morgan fingerprint density at radius 3 is 2.89 bits per heavy atom. The summed E-state index contributed by atoms with van der Waals surface area (Å²) in [5.41, 5.74) is 6.25. The molecule has 18 heavy (non-hydrogen) atoms. The number of carbonyl (C=O) groups is 1. The number of nitrogens with zero attached hydrogens (tertiary/aromatic N) is 1. The van der Waals surface area contributed by atoms with E-state index in [1.54, 1.807) is 6.07 Å². The third-order valence-corrected chi connectivity index (χ3v) is 2.20. The molecule has 100 valence electrons. The first-order valence-electron chi connectivity index (χ1n) is 5.74. The van der Waals surface area contributed by atoms with Gasteiger partial charge in [-0.05, 0) is 19.9 Å². The molecule has 0 saturated carbocycles. The second kappa shape index (κ2) is 6.80. The number of anilines is 2. The Labute approximate surface area is 106 Å². The molecule has 0 saturated heterocycles. The van der Waals surface area contributed by atoms with E-state index in [1.165, 1.54) is 13.3 Å². The molecule has 0 aliphatic rings. The van der Waals surface area contributed by atoms with Crippen molar-refractivity contribution in [3.8, 4) is 0 Å². The second-order valence-electron chi connectivity index (χ2n) is 3.99. The fourth-order valence-electron chi connectivity index (χ4n) is 1.32. The molecule has 0 aliphatic carbocycles. The van der Waals surface area contributed by atoms with Crippen molar-refractivity contribution in [2.24, 2.45) is 0 Å². The monoisotopic (exact) mass is 253 g/mol. The van der Waals surface area contributed by atoms with E-state index in [4.69, 9.17) is 10.5 Å². The Balaban J connectivity index is 2.59. The highest BCUT2D eigenvalue weighted by Crippen LogP contribution is 2.15. The highest BCUT2D eigenvalue weighted by atomic mass is 16.5. The lowest BCUT2D eigenvalue weighted by atomic mass is 10.2. The number of nitrogens with one attached hydrogen (secondary N) is 1. The van der Waals surface area contributed by atoms with Crippen LogP contribution in [0.3, 0.4) is 0 Å². The van der Waals surface area contributed by atoms with Crippen LogP contribution >= 0.6 is 0 Å². The minimum absolute atomic E-state index is 0.191. The fraction of sp³-hybridized carbons (Fsp3) is 0.500. The number of nitrogen functional groups attached to an aromatic ring is 1. The Kier molecular flexibility index (Phi) is 5.38. The Hall–Kier alpha value is -1.82. The third kappa shape index (κ3) is 4.21. The molecule has 1 aromatic rings. The highest BCUT2D eigenvalue weighted by Gasteiger charge is 2.11. The minimum Gasteiger partial charge on any atom is -0.465 e. The second-order valence-corrected chi connectivity index (χ2v) is 3.99. The summed E-state index contributed by atoms with van der Waals surface area (Å²) in [4.78, 5) is 15.5. The average Bonchev–Trinajstić information content (AvgIpc) is 2.35. The van der Waals surface area contributed by atoms with Gasteiger partial charge in [0.2, 0.25) is 0 Å². The van der Waals surface area contributed by atoms with Crippen molar-refractivity contribution >= 4 is 17.5 Å². The number of ether oxygens (including phenoxy) is 2. The number of rotatable bonds is 6. The molecular weight excluding hydrogens is 234 g/mol. The van der Waals surface area contributed by atoms with Crippen molar-refractivity contribution in [1.82, 2.24) is 4.98 Å². The van der Waals surface area contributed by atoms with Crippen molar-refractivity contribution in [2.75, 3.05) is 31.3 Å². The number of methoxy groups -OCH3 is 1. The molecular formula is C12H19N3O3. The highest BCUT2D eigenvalue weighted by molar-refractivity contribution is 5.95. The number of aromatic nitrogens is 1. The Morgan fingerprint density at radius 1 is 1.56 bits per heavy atom. The van der Waals surface area contributed by atoms with Gasteiger partial charge in [0.1, 0.15) is 5.82 Å². The number of pyridine rings is 1. The van der Waals surface area contributed by atoms with Gasteiger partial charge in [-0.1, -0.05) is 0 Å². The van der Waals surface area contributed by atoms with Gasteiger partial charge in [0.15, 0.2) is 0 Å². The first-order chi connectivity index (χ1) is 8.54. The molecule has 0 aliphatic heterocycles. The van der Waals surface area contributed by atoms with Crippen LogP contribution in [0.15, 0.2) is 12.3 Å². The summed E-state index contributed by atoms with van der Waals surface area (Å²) in [7, 11) is 1.31. The van der Waals surface area contributed by atoms with E-state index in [0.717, 1.165) is 0 Å². The van der Waals surface area contributed by atoms with Crippen molar-refractivity contribution in [3.63, 3.8) is 0 Å². The third-order valence-electron chi connectivity index (χ3n) is 2.20. The van der Waals surface area contributed by atoms with E-state index < -0.39 is 5.97 Å². The SMILES string of the molecule is COC(=O)c1cc(NCCOC(C)C)ncc1N. The topological polar surface area (TPSA) is 86.5 Å². The number of hydrogen-bond donors (Lipinski definition) is 2. The van der Waals surface area contributed by atoms with Crippen molar-refractivity contribution in [2.45, 2.75) is 20.0 Å². The van der Waals surface area contributed by atoms with E-state index in [2.05, 4.69) is 15.0 Å². The molecule has 0 radical (unpaired) electrons. The van der Waals surface area contributed by atoms with Crippen molar-refractivity contribution in [1.29, 1.82) is 0 Å². The number of esters is 1. The summed E-state index contributed by atoms with van der Waals surface area (Å²) in [6, 6.07) is 1.57. The van der Waals surface area contributed by atoms with Gasteiger partial charge in [-0.2, -0.15) is 0 Å². The summed E-state index contributed by atoms with van der Waals surface area (Å²) in [6.45, 7) is 5.11. The molecule has 0 bridgehead atoms. The van der Waals surface area contributed by atoms with Gasteiger partial charge in [-0.15, -0.1) is 0 Å². The van der Waals surface area contributed by atoms with Crippen molar-refractivity contribution < 1.29 is 14.3 Å². The summed E-state index contributed by atoms with van der Waals surface area (Å²) in [5.74, 6) is 0.0911. The molecule has 0 amide bonds. The average molecular weight is 253 g/mol. The molecule has 1 heterocycles. The van der Waals surface area contributed by atoms with Crippen LogP contribution in [0, 0.1) is 0 Å². The molecule has 0 aromatic carbocycles. The van der Waals surface area contributed by atoms with Crippen LogP contribution in [0.2, 0.25) is 0 Å². The van der Waals surface area contributed by atoms with Crippen LogP contribution < -0.4 is 11.1 Å². The Bertz CT molecular complexity index is 408. The zero-order chi connectivity index (χ0) is 13.5. The molecule has 3 N–H and O–H groups in total. The van der Waals surface area contributed by atoms with Gasteiger partial charge in [-0.25, -0.2) is 9.78 Å². The largest absolute Gasteiger partial charge is 0.465 e. The van der Waals surface area contributed by atoms with Crippen LogP contribution in [-0.2, 0) is 9.47 Å². The molecule has 6 nitrogen and oxygen atoms in total. The van der Waals surface area contributed by atoms with E-state index in [9.17, 15) is 4.79 Å². The lowest BCUT2D eigenvalue weighted by Gasteiger charge is -2.10. The Morgan fingerprint density at radius 2 is 2.28 bits per heavy atom. The fourth-order valence-corrected chi connectivity index (χ4v) is 1.32. The zero-order valence-electron chi connectivity index (χ0n) is 10.9. The maximum atomic E-state index is 11.4. The van der Waals surface area contributed by atoms with E-state index in [0.29, 0.717) is 30.2 Å². The molecule has 0 fully saturated rings. The van der Waals surface area contributed by atoms with E-state index in [1.807, 2.05) is 13.8 Å². The molecule has 6 heteroatoms. The van der Waals surface area contributed by atoms with Gasteiger partial charge in [0, 0.05) is 6.54 Å². The molecule has 1 aromatic heterocycles. The lowest BCUT2D eigenvalue weighted by molar-refractivity contribution is 0.0602. The van der Waals surface area contributed by atoms with Gasteiger partial charge in [-0.3, -0.25) is 0 Å². The first kappa shape index (κ1) is 14.2. The maximum Gasteiger partial charge on any atom is 0.340 e. The summed E-state index contributed by atoms with van der Waals surface area (Å²) >= 11 is 0. The number of nitrogens with two attached hydrogens (primary N) is 1. The van der Waals surface area contributed by atoms with E-state index in [-0.39, 0.29) is 6.10 Å². The quantitative estimate of drug-likeness (QED) is 0.587. The molecule has 0 spiro atoms. The smallest absolute Gasteiger partial charge is 0.340 e. The van der Waals surface area contributed by atoms with E-state index >= 15 is 0 Å². The van der Waals surface area contributed by atoms with Gasteiger partial charge < -0.3 is 20.5 Å². The van der Waals surface area contributed by atoms with Crippen molar-refractivity contribution in [3.05, 3.63) is 17.8 Å². The number of carbonyl (C=O) groups excluding carboxylic acids is 1. The maximum absolute atomic E-state index is 11.4. The summed E-state index contributed by atoms with van der Waals surface area (Å²) in [5, 5.41) is 3.05. The van der Waals surface area contributed by atoms with Crippen LogP contribution in [-0.4, -0.2) is 37.3 Å². The van der Waals surface area contributed by atoms with Gasteiger partial charge in [0.05, 0.1) is 37.3 Å². The standard InChI is InChI=1S/C12H19N3O3/c1-8(2)18-5-4-14-11-6-9(12(16)17-3)10(13)7-15-11/h6-8H,4-5,13H2,1-3H3,(H,14,15). The normalized spacial score (nSPS) is 10.4. The minimum atomic E-state index is -0.476.